The van der Waals surface area contributed by atoms with Gasteiger partial charge in [0, 0.05) is 30.6 Å². The quantitative estimate of drug-likeness (QED) is 0.170. The molecule has 2 aliphatic rings. The van der Waals surface area contributed by atoms with Crippen molar-refractivity contribution in [1.29, 1.82) is 0 Å². The number of carbonyl (C=O) groups excluding carboxylic acids is 3. The molecule has 2 aromatic heterocycles. The first-order chi connectivity index (χ1) is 19.6. The predicted octanol–water partition coefficient (Wildman–Crippen LogP) is 6.52. The summed E-state index contributed by atoms with van der Waals surface area (Å²) in [4.78, 5) is 50.4. The Morgan fingerprint density at radius 1 is 1.05 bits per heavy atom. The van der Waals surface area contributed by atoms with Gasteiger partial charge in [-0.05, 0) is 91.4 Å². The third kappa shape index (κ3) is 6.78. The van der Waals surface area contributed by atoms with Crippen molar-refractivity contribution >= 4 is 51.4 Å². The number of nitrogens with one attached hydrogen (secondary N) is 1. The zero-order valence-electron chi connectivity index (χ0n) is 23.5. The number of aromatic nitrogens is 2. The zero-order chi connectivity index (χ0) is 29.7. The number of pyridine rings is 2. The highest BCUT2D eigenvalue weighted by atomic mass is 79.9. The highest BCUT2D eigenvalue weighted by molar-refractivity contribution is 9.10. The van der Waals surface area contributed by atoms with Crippen molar-refractivity contribution in [1.82, 2.24) is 19.6 Å². The van der Waals surface area contributed by atoms with Gasteiger partial charge in [-0.15, -0.1) is 0 Å². The summed E-state index contributed by atoms with van der Waals surface area (Å²) < 4.78 is 16.8. The third-order valence-electron chi connectivity index (χ3n) is 7.11. The number of benzene rings is 1. The van der Waals surface area contributed by atoms with E-state index in [9.17, 15) is 18.8 Å². The number of hydrogen-bond acceptors (Lipinski definition) is 7. The summed E-state index contributed by atoms with van der Waals surface area (Å²) in [5.74, 6) is -0.590. The molecular weight excluding hydrogens is 609 g/mol. The molecule has 0 bridgehead atoms. The molecule has 4 heterocycles. The zero-order valence-corrected chi connectivity index (χ0v) is 25.9. The first kappa shape index (κ1) is 30.6. The summed E-state index contributed by atoms with van der Waals surface area (Å²) in [6.45, 7) is 9.29. The number of amides is 3. The lowest BCUT2D eigenvalue weighted by Gasteiger charge is -2.33. The van der Waals surface area contributed by atoms with Crippen LogP contribution < -0.4 is 9.62 Å². The van der Waals surface area contributed by atoms with Crippen LogP contribution in [0.25, 0.3) is 0 Å². The van der Waals surface area contributed by atoms with Gasteiger partial charge in [0.05, 0.1) is 16.7 Å². The topological polar surface area (TPSA) is 95.5 Å². The monoisotopic (exact) mass is 641 g/mol. The first-order valence-corrected chi connectivity index (χ1v) is 15.2. The molecule has 1 fully saturated rings. The van der Waals surface area contributed by atoms with Gasteiger partial charge in [0.1, 0.15) is 15.4 Å². The second-order valence-electron chi connectivity index (χ2n) is 10.3. The molecule has 0 saturated carbocycles. The summed E-state index contributed by atoms with van der Waals surface area (Å²) in [6.07, 6.45) is 2.38. The number of nitrogens with zero attached hydrogens (tertiary/aromatic N) is 4. The van der Waals surface area contributed by atoms with Crippen LogP contribution in [-0.2, 0) is 0 Å². The molecule has 41 heavy (non-hydrogen) atoms. The van der Waals surface area contributed by atoms with E-state index in [0.29, 0.717) is 51.6 Å². The highest BCUT2D eigenvalue weighted by Crippen LogP contribution is 2.40. The molecule has 11 heteroatoms. The van der Waals surface area contributed by atoms with E-state index in [1.54, 1.807) is 42.5 Å². The molecule has 3 amide bonds. The second-order valence-corrected chi connectivity index (χ2v) is 11.9. The minimum Gasteiger partial charge on any atom is -0.351 e. The Hall–Kier alpha value is -3.31. The fourth-order valence-electron chi connectivity index (χ4n) is 5.34. The van der Waals surface area contributed by atoms with Crippen molar-refractivity contribution in [3.63, 3.8) is 0 Å². The standard InChI is InChI=1S/C28H27BrFN5O3S.C2H6/c1-28(2)15-17(7-6-14-34-26(37)18-8-3-4-9-19(18)27(34)38)16-35(28)24-20(12-13-21(29)31-24)25(36)33-39-23-11-5-10-22(30)32-23;1-2/h3-5,8-13,17H,6-7,14-16H2,1-2H3,(H,33,36);1-2H3. The summed E-state index contributed by atoms with van der Waals surface area (Å²) in [5, 5.41) is 0.342. The molecule has 0 aliphatic carbocycles. The van der Waals surface area contributed by atoms with E-state index >= 15 is 0 Å². The van der Waals surface area contributed by atoms with E-state index < -0.39 is 5.95 Å². The van der Waals surface area contributed by atoms with Crippen molar-refractivity contribution in [2.75, 3.05) is 18.0 Å². The van der Waals surface area contributed by atoms with Crippen LogP contribution in [0.15, 0.2) is 64.2 Å². The molecule has 5 rings (SSSR count). The van der Waals surface area contributed by atoms with Crippen molar-refractivity contribution in [3.05, 3.63) is 81.8 Å². The van der Waals surface area contributed by atoms with E-state index in [2.05, 4.69) is 49.4 Å². The van der Waals surface area contributed by atoms with Crippen LogP contribution in [0.1, 0.15) is 78.0 Å². The fourth-order valence-corrected chi connectivity index (χ4v) is 6.23. The van der Waals surface area contributed by atoms with Gasteiger partial charge < -0.3 is 4.90 Å². The van der Waals surface area contributed by atoms with Crippen LogP contribution in [0.3, 0.4) is 0 Å². The number of carbonyl (C=O) groups is 3. The number of hydrogen-bond donors (Lipinski definition) is 1. The van der Waals surface area contributed by atoms with E-state index in [-0.39, 0.29) is 29.2 Å². The normalized spacial score (nSPS) is 17.3. The maximum Gasteiger partial charge on any atom is 0.265 e. The van der Waals surface area contributed by atoms with E-state index in [0.717, 1.165) is 24.8 Å². The van der Waals surface area contributed by atoms with Crippen LogP contribution in [0, 0.1) is 11.9 Å². The molecule has 1 unspecified atom stereocenters. The summed E-state index contributed by atoms with van der Waals surface area (Å²) >= 11 is 4.38. The van der Waals surface area contributed by atoms with Crippen LogP contribution >= 0.6 is 27.9 Å². The minimum absolute atomic E-state index is 0.232. The highest BCUT2D eigenvalue weighted by Gasteiger charge is 2.41. The number of anilines is 1. The molecule has 1 atom stereocenters. The summed E-state index contributed by atoms with van der Waals surface area (Å²) in [7, 11) is 0. The van der Waals surface area contributed by atoms with E-state index in [1.165, 1.54) is 17.0 Å². The van der Waals surface area contributed by atoms with Crippen LogP contribution in [-0.4, -0.2) is 51.2 Å². The van der Waals surface area contributed by atoms with Gasteiger partial charge in [-0.3, -0.25) is 24.0 Å². The minimum atomic E-state index is -0.617. The maximum absolute atomic E-state index is 13.4. The molecule has 3 aromatic rings. The van der Waals surface area contributed by atoms with E-state index in [1.807, 2.05) is 13.8 Å². The van der Waals surface area contributed by atoms with Crippen LogP contribution in [0.5, 0.6) is 0 Å². The average molecular weight is 643 g/mol. The molecule has 1 aromatic carbocycles. The Kier molecular flexibility index (Phi) is 9.80. The Morgan fingerprint density at radius 2 is 1.73 bits per heavy atom. The molecular formula is C30H33BrFN5O3S. The molecule has 0 radical (unpaired) electrons. The summed E-state index contributed by atoms with van der Waals surface area (Å²) in [6, 6.07) is 14.7. The van der Waals surface area contributed by atoms with Gasteiger partial charge in [-0.25, -0.2) is 9.97 Å². The smallest absolute Gasteiger partial charge is 0.265 e. The maximum atomic E-state index is 13.4. The second kappa shape index (κ2) is 13.1. The number of fused-ring (bicyclic) bond motifs is 1. The lowest BCUT2D eigenvalue weighted by Crippen LogP contribution is -2.40. The van der Waals surface area contributed by atoms with Crippen molar-refractivity contribution < 1.29 is 18.8 Å². The van der Waals surface area contributed by atoms with E-state index in [4.69, 9.17) is 0 Å². The number of halogens is 2. The largest absolute Gasteiger partial charge is 0.351 e. The van der Waals surface area contributed by atoms with Crippen molar-refractivity contribution in [2.45, 2.75) is 57.5 Å². The molecule has 2 aliphatic heterocycles. The Morgan fingerprint density at radius 3 is 2.39 bits per heavy atom. The van der Waals surface area contributed by atoms with Crippen molar-refractivity contribution in [2.24, 2.45) is 5.92 Å². The van der Waals surface area contributed by atoms with Crippen LogP contribution in [0.2, 0.25) is 0 Å². The third-order valence-corrected chi connectivity index (χ3v) is 8.28. The van der Waals surface area contributed by atoms with Gasteiger partial charge >= 0.3 is 0 Å². The fraction of sp³-hybridized carbons (Fsp3) is 0.367. The lowest BCUT2D eigenvalue weighted by molar-refractivity contribution is 0.0649. The summed E-state index contributed by atoms with van der Waals surface area (Å²) in [5.41, 5.74) is 1.06. The Balaban J connectivity index is 0.00000189. The Bertz CT molecular complexity index is 1420. The number of rotatable bonds is 8. The molecule has 0 spiro atoms. The number of imide groups is 1. The van der Waals surface area contributed by atoms with Gasteiger partial charge in [-0.2, -0.15) is 4.39 Å². The Labute approximate surface area is 252 Å². The predicted molar refractivity (Wildman–Crippen MR) is 161 cm³/mol. The molecule has 8 nitrogen and oxygen atoms in total. The molecule has 1 N–H and O–H groups in total. The van der Waals surface area contributed by atoms with Gasteiger partial charge in [0.15, 0.2) is 0 Å². The first-order valence-electron chi connectivity index (χ1n) is 13.6. The van der Waals surface area contributed by atoms with Gasteiger partial charge in [-0.1, -0.05) is 32.0 Å². The van der Waals surface area contributed by atoms with Gasteiger partial charge in [0.25, 0.3) is 17.7 Å². The SMILES string of the molecule is CC.CC1(C)CC(CCCN2C(=O)c3ccccc3C2=O)CN1c1nc(Br)ccc1C(=O)NSc1cccc(F)n1. The average Bonchev–Trinajstić information content (AvgIpc) is 3.40. The lowest BCUT2D eigenvalue weighted by atomic mass is 9.93. The molecule has 1 saturated heterocycles. The van der Waals surface area contributed by atoms with Crippen molar-refractivity contribution in [3.8, 4) is 0 Å². The molecule has 216 valence electrons. The van der Waals surface area contributed by atoms with Crippen LogP contribution in [0.4, 0.5) is 10.2 Å². The van der Waals surface area contributed by atoms with Gasteiger partial charge in [0.2, 0.25) is 5.95 Å².